The molecule has 1 unspecified atom stereocenters. The molecule has 0 aliphatic rings. The van der Waals surface area contributed by atoms with Crippen LogP contribution in [0.15, 0.2) is 23.6 Å². The molecule has 18 heavy (non-hydrogen) atoms. The molecule has 0 spiro atoms. The number of benzene rings is 1. The molecule has 2 aromatic rings. The molecule has 1 aromatic heterocycles. The van der Waals surface area contributed by atoms with E-state index in [2.05, 4.69) is 11.9 Å². The fourth-order valence-corrected chi connectivity index (χ4v) is 3.07. The van der Waals surface area contributed by atoms with Crippen molar-refractivity contribution in [3.63, 3.8) is 0 Å². The van der Waals surface area contributed by atoms with Gasteiger partial charge in [0, 0.05) is 16.0 Å². The summed E-state index contributed by atoms with van der Waals surface area (Å²) in [7, 11) is 0. The van der Waals surface area contributed by atoms with Crippen LogP contribution < -0.4 is 5.73 Å². The van der Waals surface area contributed by atoms with Gasteiger partial charge in [0.1, 0.15) is 5.01 Å². The molecule has 0 amide bonds. The van der Waals surface area contributed by atoms with E-state index >= 15 is 0 Å². The van der Waals surface area contributed by atoms with E-state index in [9.17, 15) is 0 Å². The number of aromatic nitrogens is 1. The fraction of sp³-hybridized carbons (Fsp3) is 0.308. The first-order chi connectivity index (χ1) is 8.61. The molecule has 0 bridgehead atoms. The number of nitrogens with zero attached hydrogens (tertiary/aromatic N) is 1. The Morgan fingerprint density at radius 2 is 2.17 bits per heavy atom. The average molecular weight is 301 g/mol. The second-order valence-electron chi connectivity index (χ2n) is 4.09. The van der Waals surface area contributed by atoms with Gasteiger partial charge in [-0.2, -0.15) is 0 Å². The maximum Gasteiger partial charge on any atom is 0.110 e. The van der Waals surface area contributed by atoms with Crippen molar-refractivity contribution < 1.29 is 0 Å². The van der Waals surface area contributed by atoms with Gasteiger partial charge in [-0.3, -0.25) is 0 Å². The van der Waals surface area contributed by atoms with Crippen LogP contribution in [0, 0.1) is 0 Å². The second kappa shape index (κ2) is 6.02. The Kier molecular flexibility index (Phi) is 4.62. The summed E-state index contributed by atoms with van der Waals surface area (Å²) < 4.78 is 0. The van der Waals surface area contributed by atoms with Crippen LogP contribution in [0.4, 0.5) is 0 Å². The third kappa shape index (κ3) is 3.04. The maximum absolute atomic E-state index is 6.16. The van der Waals surface area contributed by atoms with Gasteiger partial charge < -0.3 is 5.73 Å². The Morgan fingerprint density at radius 1 is 1.39 bits per heavy atom. The molecule has 2 rings (SSSR count). The van der Waals surface area contributed by atoms with Crippen molar-refractivity contribution >= 4 is 34.5 Å². The molecule has 0 aliphatic heterocycles. The average Bonchev–Trinajstić information content (AvgIpc) is 2.78. The first kappa shape index (κ1) is 13.8. The summed E-state index contributed by atoms with van der Waals surface area (Å²) in [6.07, 6.45) is 2.00. The number of halogens is 2. The summed E-state index contributed by atoms with van der Waals surface area (Å²) in [5, 5.41) is 4.18. The molecule has 0 aliphatic carbocycles. The molecule has 1 atom stereocenters. The standard InChI is InChI=1S/C13H14Cl2N2S/c1-2-3-11(16)13-17-12(7-18-13)9-5-4-8(14)6-10(9)15/h4-7,11H,2-3,16H2,1H3. The highest BCUT2D eigenvalue weighted by molar-refractivity contribution is 7.10. The van der Waals surface area contributed by atoms with Gasteiger partial charge in [-0.1, -0.05) is 36.5 Å². The number of thiazole rings is 1. The van der Waals surface area contributed by atoms with Gasteiger partial charge in [-0.15, -0.1) is 11.3 Å². The highest BCUT2D eigenvalue weighted by atomic mass is 35.5. The highest BCUT2D eigenvalue weighted by Gasteiger charge is 2.13. The molecule has 5 heteroatoms. The Labute approximate surface area is 121 Å². The molecule has 1 aromatic carbocycles. The summed E-state index contributed by atoms with van der Waals surface area (Å²) >= 11 is 13.6. The summed E-state index contributed by atoms with van der Waals surface area (Å²) in [6, 6.07) is 5.44. The van der Waals surface area contributed by atoms with Crippen molar-refractivity contribution in [2.45, 2.75) is 25.8 Å². The van der Waals surface area contributed by atoms with Crippen LogP contribution in [-0.2, 0) is 0 Å². The zero-order chi connectivity index (χ0) is 13.1. The normalized spacial score (nSPS) is 12.7. The van der Waals surface area contributed by atoms with Gasteiger partial charge in [0.25, 0.3) is 0 Å². The number of rotatable bonds is 4. The van der Waals surface area contributed by atoms with Gasteiger partial charge >= 0.3 is 0 Å². The predicted octanol–water partition coefficient (Wildman–Crippen LogP) is 4.92. The van der Waals surface area contributed by atoms with Crippen LogP contribution in [0.2, 0.25) is 10.0 Å². The van der Waals surface area contributed by atoms with E-state index in [4.69, 9.17) is 28.9 Å². The Bertz CT molecular complexity index is 540. The summed E-state index contributed by atoms with van der Waals surface area (Å²) in [5.74, 6) is 0. The lowest BCUT2D eigenvalue weighted by atomic mass is 10.1. The Balaban J connectivity index is 2.29. The van der Waals surface area contributed by atoms with Crippen LogP contribution in [0.1, 0.15) is 30.8 Å². The van der Waals surface area contributed by atoms with E-state index in [1.165, 1.54) is 0 Å². The number of hydrogen-bond acceptors (Lipinski definition) is 3. The van der Waals surface area contributed by atoms with Crippen molar-refractivity contribution in [2.75, 3.05) is 0 Å². The van der Waals surface area contributed by atoms with Crippen LogP contribution >= 0.6 is 34.5 Å². The van der Waals surface area contributed by atoms with Crippen molar-refractivity contribution in [1.82, 2.24) is 4.98 Å². The van der Waals surface area contributed by atoms with Crippen molar-refractivity contribution in [3.05, 3.63) is 38.6 Å². The highest BCUT2D eigenvalue weighted by Crippen LogP contribution is 2.32. The predicted molar refractivity (Wildman–Crippen MR) is 79.4 cm³/mol. The van der Waals surface area contributed by atoms with E-state index < -0.39 is 0 Å². The first-order valence-corrected chi connectivity index (χ1v) is 7.41. The second-order valence-corrected chi connectivity index (χ2v) is 5.82. The van der Waals surface area contributed by atoms with E-state index in [1.54, 1.807) is 17.4 Å². The summed E-state index contributed by atoms with van der Waals surface area (Å²) in [6.45, 7) is 2.12. The zero-order valence-corrected chi connectivity index (χ0v) is 12.3. The van der Waals surface area contributed by atoms with E-state index in [-0.39, 0.29) is 6.04 Å². The van der Waals surface area contributed by atoms with Gasteiger partial charge in [-0.05, 0) is 24.6 Å². The molecular weight excluding hydrogens is 287 g/mol. The molecule has 96 valence electrons. The van der Waals surface area contributed by atoms with Crippen LogP contribution in [0.3, 0.4) is 0 Å². The van der Waals surface area contributed by atoms with E-state index in [0.29, 0.717) is 10.0 Å². The third-order valence-corrected chi connectivity index (χ3v) is 4.17. The monoisotopic (exact) mass is 300 g/mol. The van der Waals surface area contributed by atoms with Crippen molar-refractivity contribution in [2.24, 2.45) is 5.73 Å². The topological polar surface area (TPSA) is 38.9 Å². The first-order valence-electron chi connectivity index (χ1n) is 5.78. The van der Waals surface area contributed by atoms with Gasteiger partial charge in [0.2, 0.25) is 0 Å². The molecule has 0 saturated carbocycles. The lowest BCUT2D eigenvalue weighted by Gasteiger charge is -2.05. The Morgan fingerprint density at radius 3 is 2.83 bits per heavy atom. The van der Waals surface area contributed by atoms with Crippen molar-refractivity contribution in [3.8, 4) is 11.3 Å². The van der Waals surface area contributed by atoms with Gasteiger partial charge in [0.15, 0.2) is 0 Å². The minimum atomic E-state index is 0.0137. The number of hydrogen-bond donors (Lipinski definition) is 1. The maximum atomic E-state index is 6.16. The van der Waals surface area contributed by atoms with Crippen LogP contribution in [0.5, 0.6) is 0 Å². The quantitative estimate of drug-likeness (QED) is 0.870. The fourth-order valence-electron chi connectivity index (χ4n) is 1.71. The van der Waals surface area contributed by atoms with Gasteiger partial charge in [-0.25, -0.2) is 4.98 Å². The molecule has 0 saturated heterocycles. The molecular formula is C13H14Cl2N2S. The van der Waals surface area contributed by atoms with Gasteiger partial charge in [0.05, 0.1) is 16.8 Å². The SMILES string of the molecule is CCCC(N)c1nc(-c2ccc(Cl)cc2Cl)cs1. The molecule has 1 heterocycles. The zero-order valence-electron chi connectivity index (χ0n) is 9.99. The third-order valence-electron chi connectivity index (χ3n) is 2.65. The summed E-state index contributed by atoms with van der Waals surface area (Å²) in [4.78, 5) is 4.56. The molecule has 0 fully saturated rings. The molecule has 0 radical (unpaired) electrons. The van der Waals surface area contributed by atoms with Crippen LogP contribution in [-0.4, -0.2) is 4.98 Å². The molecule has 2 N–H and O–H groups in total. The van der Waals surface area contributed by atoms with E-state index in [0.717, 1.165) is 29.1 Å². The largest absolute Gasteiger partial charge is 0.322 e. The van der Waals surface area contributed by atoms with Crippen molar-refractivity contribution in [1.29, 1.82) is 0 Å². The van der Waals surface area contributed by atoms with Crippen LogP contribution in [0.25, 0.3) is 11.3 Å². The lowest BCUT2D eigenvalue weighted by molar-refractivity contribution is 0.635. The lowest BCUT2D eigenvalue weighted by Crippen LogP contribution is -2.09. The minimum Gasteiger partial charge on any atom is -0.322 e. The Hall–Kier alpha value is -0.610. The smallest absolute Gasteiger partial charge is 0.110 e. The molecule has 2 nitrogen and oxygen atoms in total. The van der Waals surface area contributed by atoms with E-state index in [1.807, 2.05) is 17.5 Å². The number of nitrogens with two attached hydrogens (primary N) is 1. The minimum absolute atomic E-state index is 0.0137. The summed E-state index contributed by atoms with van der Waals surface area (Å²) in [5.41, 5.74) is 7.81.